The zero-order chi connectivity index (χ0) is 26.9. The van der Waals surface area contributed by atoms with Crippen LogP contribution < -0.4 is 14.4 Å². The van der Waals surface area contributed by atoms with Crippen LogP contribution in [0.25, 0.3) is 0 Å². The summed E-state index contributed by atoms with van der Waals surface area (Å²) in [5.41, 5.74) is -5.39. The van der Waals surface area contributed by atoms with E-state index in [0.717, 1.165) is 24.5 Å². The van der Waals surface area contributed by atoms with Crippen molar-refractivity contribution in [2.75, 3.05) is 24.7 Å². The quantitative estimate of drug-likeness (QED) is 0.375. The molecule has 0 bridgehead atoms. The topological polar surface area (TPSA) is 92.8 Å². The molecule has 1 heterocycles. The SMILES string of the molecule is CCCCC1(CC)CS(=O)(=O)c2cc(OS(=O)(=O)C(F)(F)F)c(N(C)C)cc2C(c2ccccc2)N1. The first-order chi connectivity index (χ1) is 16.7. The van der Waals surface area contributed by atoms with Crippen LogP contribution in [0.1, 0.15) is 56.7 Å². The van der Waals surface area contributed by atoms with Crippen LogP contribution in [0.2, 0.25) is 0 Å². The third-order valence-corrected chi connectivity index (χ3v) is 9.36. The molecule has 3 rings (SSSR count). The van der Waals surface area contributed by atoms with Gasteiger partial charge < -0.3 is 9.08 Å². The van der Waals surface area contributed by atoms with E-state index in [4.69, 9.17) is 0 Å². The third kappa shape index (κ3) is 5.65. The first-order valence-corrected chi connectivity index (χ1v) is 14.6. The first kappa shape index (κ1) is 28.3. The lowest BCUT2D eigenvalue weighted by Crippen LogP contribution is -2.50. The normalized spacial score (nSPS) is 21.9. The van der Waals surface area contributed by atoms with Crippen LogP contribution in [-0.4, -0.2) is 47.7 Å². The maximum absolute atomic E-state index is 13.7. The number of alkyl halides is 3. The van der Waals surface area contributed by atoms with Crippen molar-refractivity contribution in [1.82, 2.24) is 5.32 Å². The van der Waals surface area contributed by atoms with Crippen molar-refractivity contribution in [3.8, 4) is 5.75 Å². The highest BCUT2D eigenvalue weighted by molar-refractivity contribution is 7.91. The third-order valence-electron chi connectivity index (χ3n) is 6.44. The highest BCUT2D eigenvalue weighted by Crippen LogP contribution is 2.44. The number of sulfone groups is 1. The van der Waals surface area contributed by atoms with Crippen molar-refractivity contribution in [1.29, 1.82) is 0 Å². The first-order valence-electron chi connectivity index (χ1n) is 11.6. The molecule has 0 amide bonds. The van der Waals surface area contributed by atoms with Crippen LogP contribution in [0.4, 0.5) is 18.9 Å². The van der Waals surface area contributed by atoms with E-state index in [1.54, 1.807) is 0 Å². The van der Waals surface area contributed by atoms with Gasteiger partial charge in [-0.15, -0.1) is 0 Å². The number of unbranched alkanes of at least 4 members (excludes halogenated alkanes) is 1. The fraction of sp³-hybridized carbons (Fsp3) is 0.500. The Hall–Kier alpha value is -2.31. The van der Waals surface area contributed by atoms with Crippen molar-refractivity contribution in [2.24, 2.45) is 0 Å². The Kier molecular flexibility index (Phi) is 8.02. The van der Waals surface area contributed by atoms with Crippen LogP contribution in [0.15, 0.2) is 47.4 Å². The number of anilines is 1. The summed E-state index contributed by atoms with van der Waals surface area (Å²) in [5, 5.41) is 3.56. The Morgan fingerprint density at radius 2 is 1.78 bits per heavy atom. The lowest BCUT2D eigenvalue weighted by Gasteiger charge is -2.36. The van der Waals surface area contributed by atoms with Crippen LogP contribution in [0, 0.1) is 0 Å². The number of nitrogens with zero attached hydrogens (tertiary/aromatic N) is 1. The number of hydrogen-bond donors (Lipinski definition) is 1. The molecule has 0 aromatic heterocycles. The van der Waals surface area contributed by atoms with E-state index in [0.29, 0.717) is 18.4 Å². The number of nitrogens with one attached hydrogen (secondary N) is 1. The molecular formula is C24H31F3N2O5S2. The van der Waals surface area contributed by atoms with Gasteiger partial charge in [-0.25, -0.2) is 8.42 Å². The summed E-state index contributed by atoms with van der Waals surface area (Å²) in [6.07, 6.45) is 2.69. The number of halogens is 3. The summed E-state index contributed by atoms with van der Waals surface area (Å²) in [7, 11) is -7.08. The van der Waals surface area contributed by atoms with Gasteiger partial charge in [0, 0.05) is 25.7 Å². The maximum Gasteiger partial charge on any atom is 0.534 e. The largest absolute Gasteiger partial charge is 0.534 e. The second-order valence-electron chi connectivity index (χ2n) is 9.22. The predicted octanol–water partition coefficient (Wildman–Crippen LogP) is 4.79. The lowest BCUT2D eigenvalue weighted by molar-refractivity contribution is -0.0499. The van der Waals surface area contributed by atoms with Gasteiger partial charge in [-0.3, -0.25) is 5.32 Å². The summed E-state index contributed by atoms with van der Waals surface area (Å²) in [4.78, 5) is 1.12. The van der Waals surface area contributed by atoms with Gasteiger partial charge in [-0.2, -0.15) is 21.6 Å². The van der Waals surface area contributed by atoms with Crippen LogP contribution in [0.5, 0.6) is 5.75 Å². The zero-order valence-electron chi connectivity index (χ0n) is 20.6. The van der Waals surface area contributed by atoms with Crippen LogP contribution >= 0.6 is 0 Å². The van der Waals surface area contributed by atoms with Crippen molar-refractivity contribution in [2.45, 2.75) is 61.5 Å². The van der Waals surface area contributed by atoms with Gasteiger partial charge in [0.15, 0.2) is 15.6 Å². The van der Waals surface area contributed by atoms with Gasteiger partial charge in [0.25, 0.3) is 0 Å². The highest BCUT2D eigenvalue weighted by Gasteiger charge is 2.49. The summed E-state index contributed by atoms with van der Waals surface area (Å²) in [6, 6.07) is 10.8. The van der Waals surface area contributed by atoms with E-state index in [1.165, 1.54) is 25.1 Å². The molecule has 0 fully saturated rings. The molecule has 12 heteroatoms. The fourth-order valence-corrected chi connectivity index (χ4v) is 7.06. The molecule has 0 saturated heterocycles. The van der Waals surface area contributed by atoms with Gasteiger partial charge in [-0.05, 0) is 30.0 Å². The summed E-state index contributed by atoms with van der Waals surface area (Å²) in [6.45, 7) is 3.90. The Morgan fingerprint density at radius 3 is 2.31 bits per heavy atom. The fourth-order valence-electron chi connectivity index (χ4n) is 4.46. The number of benzene rings is 2. The van der Waals surface area contributed by atoms with Crippen LogP contribution in [-0.2, 0) is 20.0 Å². The van der Waals surface area contributed by atoms with E-state index < -0.39 is 42.8 Å². The van der Waals surface area contributed by atoms with E-state index in [2.05, 4.69) is 9.50 Å². The molecule has 2 unspecified atom stereocenters. The smallest absolute Gasteiger partial charge is 0.375 e. The summed E-state index contributed by atoms with van der Waals surface area (Å²) in [5.74, 6) is -0.997. The van der Waals surface area contributed by atoms with E-state index in [1.807, 2.05) is 44.2 Å². The minimum absolute atomic E-state index is 0.00272. The number of fused-ring (bicyclic) bond motifs is 1. The van der Waals surface area contributed by atoms with E-state index in [9.17, 15) is 30.0 Å². The minimum atomic E-state index is -6.02. The molecule has 1 N–H and O–H groups in total. The van der Waals surface area contributed by atoms with E-state index >= 15 is 0 Å². The summed E-state index contributed by atoms with van der Waals surface area (Å²) >= 11 is 0. The molecule has 7 nitrogen and oxygen atoms in total. The van der Waals surface area contributed by atoms with Gasteiger partial charge in [0.1, 0.15) is 0 Å². The Bertz CT molecular complexity index is 1300. The lowest BCUT2D eigenvalue weighted by atomic mass is 9.88. The van der Waals surface area contributed by atoms with Gasteiger partial charge in [0.2, 0.25) is 0 Å². The number of rotatable bonds is 8. The molecule has 1 aliphatic rings. The minimum Gasteiger partial charge on any atom is -0.375 e. The zero-order valence-corrected chi connectivity index (χ0v) is 22.2. The summed E-state index contributed by atoms with van der Waals surface area (Å²) < 4.78 is 94.9. The molecular weight excluding hydrogens is 517 g/mol. The Morgan fingerprint density at radius 1 is 1.14 bits per heavy atom. The van der Waals surface area contributed by atoms with E-state index in [-0.39, 0.29) is 16.3 Å². The Balaban J connectivity index is 2.32. The number of hydrogen-bond acceptors (Lipinski definition) is 7. The second-order valence-corrected chi connectivity index (χ2v) is 12.7. The molecule has 36 heavy (non-hydrogen) atoms. The van der Waals surface area contributed by atoms with Gasteiger partial charge >= 0.3 is 15.6 Å². The monoisotopic (exact) mass is 548 g/mol. The van der Waals surface area contributed by atoms with Crippen molar-refractivity contribution >= 4 is 25.6 Å². The molecule has 0 radical (unpaired) electrons. The highest BCUT2D eigenvalue weighted by atomic mass is 32.2. The molecule has 1 aliphatic heterocycles. The molecule has 0 spiro atoms. The average Bonchev–Trinajstić information content (AvgIpc) is 2.89. The van der Waals surface area contributed by atoms with Crippen molar-refractivity contribution < 1.29 is 34.2 Å². The second kappa shape index (κ2) is 10.2. The standard InChI is InChI=1S/C24H31F3N2O5S2/c1-5-7-13-23(6-2)16-35(30,31)21-15-20(34-36(32,33)24(25,26)27)19(29(3)4)14-18(21)22(28-23)17-11-9-8-10-12-17/h8-12,14-15,22,28H,5-7,13,16H2,1-4H3. The Labute approximate surface area is 210 Å². The van der Waals surface area contributed by atoms with Crippen LogP contribution in [0.3, 0.4) is 0 Å². The molecule has 0 saturated carbocycles. The molecule has 200 valence electrons. The molecule has 2 aromatic carbocycles. The van der Waals surface area contributed by atoms with Gasteiger partial charge in [-0.1, -0.05) is 57.0 Å². The molecule has 2 aromatic rings. The van der Waals surface area contributed by atoms with Crippen molar-refractivity contribution in [3.05, 3.63) is 53.6 Å². The van der Waals surface area contributed by atoms with Gasteiger partial charge in [0.05, 0.1) is 22.4 Å². The molecule has 0 aliphatic carbocycles. The van der Waals surface area contributed by atoms with Crippen molar-refractivity contribution in [3.63, 3.8) is 0 Å². The maximum atomic E-state index is 13.7. The molecule has 2 atom stereocenters. The average molecular weight is 549 g/mol. The predicted molar refractivity (Wildman–Crippen MR) is 132 cm³/mol.